The molecule has 4 rings (SSSR count). The fourth-order valence-corrected chi connectivity index (χ4v) is 4.92. The summed E-state index contributed by atoms with van der Waals surface area (Å²) in [5.41, 5.74) is -0.669. The third kappa shape index (κ3) is 5.90. The van der Waals surface area contributed by atoms with Crippen LogP contribution in [0, 0.1) is 22.5 Å². The zero-order valence-electron chi connectivity index (χ0n) is 20.7. The average molecular weight is 556 g/mol. The Kier molecular flexibility index (Phi) is 7.67. The summed E-state index contributed by atoms with van der Waals surface area (Å²) < 4.78 is 61.4. The minimum Gasteiger partial charge on any atom is -0.426 e. The van der Waals surface area contributed by atoms with E-state index in [-0.39, 0.29) is 46.4 Å². The molecule has 2 heterocycles. The molecule has 4 aromatic rings. The SMILES string of the molecule is CCCS(=O)(=O)Nc1ccc(F)c(C(=O)c2c[nH]c3ncnc(Nc4cccc(C(=N)OC(C)=N)c4)c23)c1F. The van der Waals surface area contributed by atoms with Crippen molar-refractivity contribution in [3.8, 4) is 0 Å². The van der Waals surface area contributed by atoms with Crippen LogP contribution in [0.3, 0.4) is 0 Å². The number of ketones is 1. The lowest BCUT2D eigenvalue weighted by atomic mass is 10.0. The maximum atomic E-state index is 15.3. The Morgan fingerprint density at radius 3 is 2.64 bits per heavy atom. The Balaban J connectivity index is 1.74. The predicted octanol–water partition coefficient (Wildman–Crippen LogP) is 4.70. The molecule has 39 heavy (non-hydrogen) atoms. The van der Waals surface area contributed by atoms with E-state index in [0.29, 0.717) is 11.3 Å². The standard InChI is InChI=1S/C25H23F2N7O4S/c1-3-9-39(36,37)34-18-8-7-17(26)20(21(18)27)22(35)16-11-30-24-19(16)25(32-12-31-24)33-15-6-4-5-14(10-15)23(29)38-13(2)28/h4-8,10-12,28-29,34H,3,9H2,1-2H3,(H2,30,31,32,33). The van der Waals surface area contributed by atoms with Gasteiger partial charge in [-0.3, -0.25) is 20.3 Å². The number of rotatable bonds is 9. The van der Waals surface area contributed by atoms with Crippen LogP contribution in [0.4, 0.5) is 26.0 Å². The number of hydrogen-bond donors (Lipinski definition) is 5. The summed E-state index contributed by atoms with van der Waals surface area (Å²) in [6, 6.07) is 8.16. The fraction of sp³-hybridized carbons (Fsp3) is 0.160. The quantitative estimate of drug-likeness (QED) is 0.113. The van der Waals surface area contributed by atoms with Gasteiger partial charge in [-0.15, -0.1) is 0 Å². The second-order valence-electron chi connectivity index (χ2n) is 8.38. The summed E-state index contributed by atoms with van der Waals surface area (Å²) in [5.74, 6) is -4.16. The molecule has 0 spiro atoms. The first kappa shape index (κ1) is 27.3. The number of nitrogens with one attached hydrogen (secondary N) is 5. The van der Waals surface area contributed by atoms with Crippen molar-refractivity contribution in [1.29, 1.82) is 10.8 Å². The molecule has 5 N–H and O–H groups in total. The lowest BCUT2D eigenvalue weighted by Crippen LogP contribution is -2.18. The van der Waals surface area contributed by atoms with Crippen LogP contribution in [-0.4, -0.2) is 46.7 Å². The molecule has 0 unspecified atom stereocenters. The number of aromatic nitrogens is 3. The van der Waals surface area contributed by atoms with E-state index in [1.165, 1.54) is 19.4 Å². The largest absolute Gasteiger partial charge is 0.426 e. The van der Waals surface area contributed by atoms with Crippen LogP contribution in [0.5, 0.6) is 0 Å². The van der Waals surface area contributed by atoms with E-state index in [9.17, 15) is 17.6 Å². The summed E-state index contributed by atoms with van der Waals surface area (Å²) in [6.07, 6.45) is 2.72. The molecule has 0 saturated heterocycles. The van der Waals surface area contributed by atoms with Gasteiger partial charge in [-0.25, -0.2) is 27.2 Å². The molecule has 0 aliphatic rings. The van der Waals surface area contributed by atoms with Gasteiger partial charge < -0.3 is 15.0 Å². The number of fused-ring (bicyclic) bond motifs is 1. The minimum atomic E-state index is -3.90. The topological polar surface area (TPSA) is 174 Å². The third-order valence-corrected chi connectivity index (χ3v) is 6.89. The number of aromatic amines is 1. The van der Waals surface area contributed by atoms with E-state index in [4.69, 9.17) is 15.6 Å². The summed E-state index contributed by atoms with van der Waals surface area (Å²) in [5, 5.41) is 18.5. The Morgan fingerprint density at radius 1 is 1.15 bits per heavy atom. The number of nitrogens with zero attached hydrogens (tertiary/aromatic N) is 2. The van der Waals surface area contributed by atoms with Gasteiger partial charge in [0.05, 0.1) is 28.0 Å². The molecule has 0 fully saturated rings. The number of halogens is 2. The first-order valence-electron chi connectivity index (χ1n) is 11.5. The third-order valence-electron chi connectivity index (χ3n) is 5.41. The first-order chi connectivity index (χ1) is 18.5. The van der Waals surface area contributed by atoms with Crippen LogP contribution in [0.15, 0.2) is 48.9 Å². The van der Waals surface area contributed by atoms with Crippen LogP contribution in [0.2, 0.25) is 0 Å². The van der Waals surface area contributed by atoms with E-state index in [1.54, 1.807) is 31.2 Å². The number of carbonyl (C=O) groups is 1. The summed E-state index contributed by atoms with van der Waals surface area (Å²) in [7, 11) is -3.90. The number of anilines is 3. The zero-order valence-corrected chi connectivity index (χ0v) is 21.5. The van der Waals surface area contributed by atoms with Crippen LogP contribution < -0.4 is 10.0 Å². The molecule has 0 radical (unpaired) electrons. The lowest BCUT2D eigenvalue weighted by Gasteiger charge is -2.12. The van der Waals surface area contributed by atoms with Crippen molar-refractivity contribution < 1.29 is 26.7 Å². The Labute approximate surface area is 221 Å². The summed E-state index contributed by atoms with van der Waals surface area (Å²) in [4.78, 5) is 24.5. The van der Waals surface area contributed by atoms with E-state index >= 15 is 4.39 Å². The highest BCUT2D eigenvalue weighted by atomic mass is 32.2. The number of hydrogen-bond acceptors (Lipinski definition) is 9. The molecule has 0 aliphatic heterocycles. The number of ether oxygens (including phenoxy) is 1. The Bertz CT molecular complexity index is 1720. The van der Waals surface area contributed by atoms with E-state index in [1.807, 2.05) is 0 Å². The van der Waals surface area contributed by atoms with Crippen molar-refractivity contribution in [3.05, 3.63) is 77.2 Å². The highest BCUT2D eigenvalue weighted by Gasteiger charge is 2.27. The van der Waals surface area contributed by atoms with Gasteiger partial charge in [0, 0.05) is 24.4 Å². The van der Waals surface area contributed by atoms with Gasteiger partial charge in [-0.1, -0.05) is 13.0 Å². The first-order valence-corrected chi connectivity index (χ1v) is 13.2. The second kappa shape index (κ2) is 10.9. The number of benzene rings is 2. The Morgan fingerprint density at radius 2 is 1.92 bits per heavy atom. The maximum Gasteiger partial charge on any atom is 0.232 e. The van der Waals surface area contributed by atoms with Crippen molar-refractivity contribution >= 4 is 55.8 Å². The molecule has 2 aromatic heterocycles. The Hall–Kier alpha value is -4.72. The fourth-order valence-electron chi connectivity index (χ4n) is 3.79. The second-order valence-corrected chi connectivity index (χ2v) is 10.2. The van der Waals surface area contributed by atoms with Gasteiger partial charge >= 0.3 is 0 Å². The van der Waals surface area contributed by atoms with Crippen molar-refractivity contribution in [1.82, 2.24) is 15.0 Å². The number of sulfonamides is 1. The van der Waals surface area contributed by atoms with E-state index in [0.717, 1.165) is 12.1 Å². The smallest absolute Gasteiger partial charge is 0.232 e. The van der Waals surface area contributed by atoms with Gasteiger partial charge in [0.15, 0.2) is 11.7 Å². The van der Waals surface area contributed by atoms with Gasteiger partial charge in [0.1, 0.15) is 23.6 Å². The molecule has 202 valence electrons. The van der Waals surface area contributed by atoms with Gasteiger partial charge in [-0.05, 0) is 36.8 Å². The molecule has 2 aromatic carbocycles. The lowest BCUT2D eigenvalue weighted by molar-refractivity contribution is 0.103. The zero-order chi connectivity index (χ0) is 28.3. The highest BCUT2D eigenvalue weighted by molar-refractivity contribution is 7.92. The molecule has 14 heteroatoms. The number of carbonyl (C=O) groups excluding carboxylic acids is 1. The van der Waals surface area contributed by atoms with Crippen LogP contribution in [0.1, 0.15) is 41.8 Å². The van der Waals surface area contributed by atoms with Gasteiger partial charge in [-0.2, -0.15) is 0 Å². The molecule has 0 bridgehead atoms. The molecule has 0 amide bonds. The molecular weight excluding hydrogens is 532 g/mol. The summed E-state index contributed by atoms with van der Waals surface area (Å²) >= 11 is 0. The normalized spacial score (nSPS) is 11.3. The van der Waals surface area contributed by atoms with E-state index in [2.05, 4.69) is 25.0 Å². The van der Waals surface area contributed by atoms with Gasteiger partial charge in [0.25, 0.3) is 0 Å². The molecule has 0 aliphatic carbocycles. The van der Waals surface area contributed by atoms with Crippen molar-refractivity contribution in [2.45, 2.75) is 20.3 Å². The minimum absolute atomic E-state index is 0.123. The number of H-pyrrole nitrogens is 1. The predicted molar refractivity (Wildman–Crippen MR) is 142 cm³/mol. The molecule has 11 nitrogen and oxygen atoms in total. The summed E-state index contributed by atoms with van der Waals surface area (Å²) in [6.45, 7) is 3.02. The van der Waals surface area contributed by atoms with Crippen molar-refractivity contribution in [2.24, 2.45) is 0 Å². The van der Waals surface area contributed by atoms with Crippen molar-refractivity contribution in [2.75, 3.05) is 15.8 Å². The monoisotopic (exact) mass is 555 g/mol. The maximum absolute atomic E-state index is 15.3. The van der Waals surface area contributed by atoms with Crippen LogP contribution in [-0.2, 0) is 14.8 Å². The highest BCUT2D eigenvalue weighted by Crippen LogP contribution is 2.31. The molecular formula is C25H23F2N7O4S. The molecule has 0 atom stereocenters. The van der Waals surface area contributed by atoms with E-state index < -0.39 is 38.7 Å². The van der Waals surface area contributed by atoms with Crippen LogP contribution in [0.25, 0.3) is 11.0 Å². The average Bonchev–Trinajstić information content (AvgIpc) is 3.31. The van der Waals surface area contributed by atoms with Gasteiger partial charge in [0.2, 0.25) is 21.7 Å². The van der Waals surface area contributed by atoms with Crippen molar-refractivity contribution in [3.63, 3.8) is 0 Å². The van der Waals surface area contributed by atoms with Crippen LogP contribution >= 0.6 is 0 Å². The molecule has 0 saturated carbocycles.